The molecular weight excluding hydrogens is 369 g/mol. The van der Waals surface area contributed by atoms with Crippen LogP contribution in [0.25, 0.3) is 10.8 Å². The SMILES string of the molecule is CC1(c2ccc3c(F)c(OC4CCC(C(C)(C)C)CC4)ccc3c2)COC(=O)N1. The Labute approximate surface area is 171 Å². The fourth-order valence-corrected chi connectivity index (χ4v) is 4.60. The van der Waals surface area contributed by atoms with Crippen LogP contribution in [0.4, 0.5) is 9.18 Å². The maximum Gasteiger partial charge on any atom is 0.408 e. The number of hydrogen-bond acceptors (Lipinski definition) is 3. The van der Waals surface area contributed by atoms with E-state index in [4.69, 9.17) is 9.47 Å². The van der Waals surface area contributed by atoms with Gasteiger partial charge < -0.3 is 14.8 Å². The lowest BCUT2D eigenvalue weighted by Crippen LogP contribution is -2.37. The third-order valence-corrected chi connectivity index (χ3v) is 6.62. The van der Waals surface area contributed by atoms with E-state index >= 15 is 4.39 Å². The van der Waals surface area contributed by atoms with Crippen LogP contribution in [0.3, 0.4) is 0 Å². The van der Waals surface area contributed by atoms with E-state index in [1.54, 1.807) is 12.1 Å². The van der Waals surface area contributed by atoms with Crippen LogP contribution >= 0.6 is 0 Å². The quantitative estimate of drug-likeness (QED) is 0.697. The lowest BCUT2D eigenvalue weighted by atomic mass is 9.72. The Kier molecular flexibility index (Phi) is 4.96. The summed E-state index contributed by atoms with van der Waals surface area (Å²) in [4.78, 5) is 11.4. The largest absolute Gasteiger partial charge is 0.487 e. The van der Waals surface area contributed by atoms with E-state index in [0.29, 0.717) is 22.5 Å². The third kappa shape index (κ3) is 3.92. The summed E-state index contributed by atoms with van der Waals surface area (Å²) in [5.74, 6) is 0.709. The molecule has 0 aromatic heterocycles. The molecule has 1 unspecified atom stereocenters. The first kappa shape index (κ1) is 20.0. The average molecular weight is 400 g/mol. The van der Waals surface area contributed by atoms with Crippen LogP contribution < -0.4 is 10.1 Å². The fourth-order valence-electron chi connectivity index (χ4n) is 4.60. The molecule has 4 rings (SSSR count). The van der Waals surface area contributed by atoms with Gasteiger partial charge in [-0.2, -0.15) is 0 Å². The van der Waals surface area contributed by atoms with E-state index in [1.165, 1.54) is 0 Å². The number of fused-ring (bicyclic) bond motifs is 1. The number of nitrogens with one attached hydrogen (secondary N) is 1. The molecule has 29 heavy (non-hydrogen) atoms. The van der Waals surface area contributed by atoms with Gasteiger partial charge in [0.15, 0.2) is 11.6 Å². The predicted octanol–water partition coefficient (Wildman–Crippen LogP) is 5.92. The number of hydrogen-bond donors (Lipinski definition) is 1. The van der Waals surface area contributed by atoms with Crippen LogP contribution in [0.1, 0.15) is 58.9 Å². The molecule has 2 aliphatic rings. The molecule has 156 valence electrons. The first-order chi connectivity index (χ1) is 13.7. The minimum Gasteiger partial charge on any atom is -0.487 e. The summed E-state index contributed by atoms with van der Waals surface area (Å²) in [5, 5.41) is 4.14. The molecule has 5 heteroatoms. The highest BCUT2D eigenvalue weighted by atomic mass is 19.1. The standard InChI is InChI=1S/C24H30FNO3/c1-23(2,3)16-6-9-18(10-7-16)29-20-12-5-15-13-17(8-11-19(15)21(20)25)24(4)14-28-22(27)26-24/h5,8,11-13,16,18H,6-7,9-10,14H2,1-4H3,(H,26,27). The highest BCUT2D eigenvalue weighted by molar-refractivity contribution is 5.86. The number of benzene rings is 2. The maximum absolute atomic E-state index is 15.1. The zero-order valence-electron chi connectivity index (χ0n) is 17.7. The van der Waals surface area contributed by atoms with E-state index < -0.39 is 11.6 Å². The Balaban J connectivity index is 1.51. The molecule has 0 bridgehead atoms. The molecule has 0 spiro atoms. The number of amides is 1. The van der Waals surface area contributed by atoms with Crippen molar-refractivity contribution in [1.29, 1.82) is 0 Å². The molecule has 1 atom stereocenters. The second kappa shape index (κ2) is 7.19. The third-order valence-electron chi connectivity index (χ3n) is 6.62. The molecule has 4 nitrogen and oxygen atoms in total. The van der Waals surface area contributed by atoms with Crippen molar-refractivity contribution >= 4 is 16.9 Å². The number of carbonyl (C=O) groups is 1. The zero-order valence-corrected chi connectivity index (χ0v) is 17.7. The number of ether oxygens (including phenoxy) is 2. The van der Waals surface area contributed by atoms with E-state index in [9.17, 15) is 4.79 Å². The van der Waals surface area contributed by atoms with Gasteiger partial charge in [-0.3, -0.25) is 0 Å². The summed E-state index contributed by atoms with van der Waals surface area (Å²) < 4.78 is 26.3. The van der Waals surface area contributed by atoms with Crippen molar-refractivity contribution in [1.82, 2.24) is 5.32 Å². The Bertz CT molecular complexity index is 928. The maximum atomic E-state index is 15.1. The second-order valence-corrected chi connectivity index (χ2v) is 9.80. The molecule has 0 radical (unpaired) electrons. The normalized spacial score (nSPS) is 27.6. The second-order valence-electron chi connectivity index (χ2n) is 9.80. The molecule has 1 aliphatic carbocycles. The van der Waals surface area contributed by atoms with Crippen molar-refractivity contribution in [2.24, 2.45) is 11.3 Å². The molecule has 1 heterocycles. The molecule has 1 aliphatic heterocycles. The van der Waals surface area contributed by atoms with Gasteiger partial charge >= 0.3 is 6.09 Å². The van der Waals surface area contributed by atoms with Gasteiger partial charge in [0.2, 0.25) is 0 Å². The monoisotopic (exact) mass is 399 g/mol. The van der Waals surface area contributed by atoms with Gasteiger partial charge in [0, 0.05) is 5.39 Å². The van der Waals surface area contributed by atoms with Gasteiger partial charge in [-0.1, -0.05) is 39.0 Å². The van der Waals surface area contributed by atoms with Crippen LogP contribution in [0.15, 0.2) is 30.3 Å². The minimum atomic E-state index is -0.595. The summed E-state index contributed by atoms with van der Waals surface area (Å²) in [5.41, 5.74) is 0.615. The fraction of sp³-hybridized carbons (Fsp3) is 0.542. The van der Waals surface area contributed by atoms with Crippen LogP contribution in [-0.2, 0) is 10.3 Å². The van der Waals surface area contributed by atoms with Gasteiger partial charge in [-0.05, 0) is 67.0 Å². The average Bonchev–Trinajstić information content (AvgIpc) is 3.03. The molecule has 2 aromatic rings. The number of carbonyl (C=O) groups excluding carboxylic acids is 1. The van der Waals surface area contributed by atoms with Gasteiger partial charge in [0.25, 0.3) is 0 Å². The van der Waals surface area contributed by atoms with Crippen molar-refractivity contribution < 1.29 is 18.7 Å². The van der Waals surface area contributed by atoms with Crippen molar-refractivity contribution in [2.45, 2.75) is 65.0 Å². The van der Waals surface area contributed by atoms with Crippen molar-refractivity contribution in [2.75, 3.05) is 6.61 Å². The molecular formula is C24H30FNO3. The van der Waals surface area contributed by atoms with Gasteiger partial charge in [-0.15, -0.1) is 0 Å². The van der Waals surface area contributed by atoms with Gasteiger partial charge in [0.05, 0.1) is 11.6 Å². The zero-order chi connectivity index (χ0) is 20.8. The minimum absolute atomic E-state index is 0.0737. The molecule has 1 amide bonds. The Hall–Kier alpha value is -2.30. The molecule has 2 aromatic carbocycles. The number of rotatable bonds is 3. The lowest BCUT2D eigenvalue weighted by molar-refractivity contribution is 0.0856. The number of halogens is 1. The van der Waals surface area contributed by atoms with Crippen molar-refractivity contribution in [3.05, 3.63) is 41.7 Å². The molecule has 1 N–H and O–H groups in total. The smallest absolute Gasteiger partial charge is 0.408 e. The Morgan fingerprint density at radius 3 is 2.48 bits per heavy atom. The number of alkyl carbamates (subject to hydrolysis) is 1. The van der Waals surface area contributed by atoms with Gasteiger partial charge in [0.1, 0.15) is 6.61 Å². The summed E-state index contributed by atoms with van der Waals surface area (Å²) in [7, 11) is 0. The van der Waals surface area contributed by atoms with E-state index in [1.807, 2.05) is 25.1 Å². The summed E-state index contributed by atoms with van der Waals surface area (Å²) in [6.07, 6.45) is 3.83. The summed E-state index contributed by atoms with van der Waals surface area (Å²) in [6.45, 7) is 9.04. The first-order valence-electron chi connectivity index (χ1n) is 10.5. The Morgan fingerprint density at radius 1 is 1.14 bits per heavy atom. The van der Waals surface area contributed by atoms with Crippen LogP contribution in [-0.4, -0.2) is 18.8 Å². The summed E-state index contributed by atoms with van der Waals surface area (Å²) >= 11 is 0. The van der Waals surface area contributed by atoms with E-state index in [0.717, 1.165) is 36.6 Å². The highest BCUT2D eigenvalue weighted by Gasteiger charge is 2.37. The number of cyclic esters (lactones) is 1. The molecule has 2 fully saturated rings. The highest BCUT2D eigenvalue weighted by Crippen LogP contribution is 2.39. The topological polar surface area (TPSA) is 47.6 Å². The van der Waals surface area contributed by atoms with E-state index in [-0.39, 0.29) is 18.5 Å². The van der Waals surface area contributed by atoms with E-state index in [2.05, 4.69) is 26.1 Å². The van der Waals surface area contributed by atoms with Crippen LogP contribution in [0.2, 0.25) is 0 Å². The summed E-state index contributed by atoms with van der Waals surface area (Å²) in [6, 6.07) is 9.13. The molecule has 1 saturated heterocycles. The first-order valence-corrected chi connectivity index (χ1v) is 10.5. The van der Waals surface area contributed by atoms with Crippen molar-refractivity contribution in [3.8, 4) is 5.75 Å². The Morgan fingerprint density at radius 2 is 1.86 bits per heavy atom. The molecule has 1 saturated carbocycles. The van der Waals surface area contributed by atoms with Crippen LogP contribution in [0, 0.1) is 17.2 Å². The lowest BCUT2D eigenvalue weighted by Gasteiger charge is -2.37. The van der Waals surface area contributed by atoms with Crippen molar-refractivity contribution in [3.63, 3.8) is 0 Å². The van der Waals surface area contributed by atoms with Gasteiger partial charge in [-0.25, -0.2) is 9.18 Å². The predicted molar refractivity (Wildman–Crippen MR) is 112 cm³/mol. The van der Waals surface area contributed by atoms with Crippen LogP contribution in [0.5, 0.6) is 5.75 Å².